The van der Waals surface area contributed by atoms with Crippen molar-refractivity contribution in [1.82, 2.24) is 4.98 Å². The van der Waals surface area contributed by atoms with Crippen molar-refractivity contribution in [3.05, 3.63) is 30.1 Å². The van der Waals surface area contributed by atoms with Crippen LogP contribution in [0.15, 0.2) is 24.5 Å². The summed E-state index contributed by atoms with van der Waals surface area (Å²) in [7, 11) is 0. The van der Waals surface area contributed by atoms with E-state index in [1.165, 1.54) is 0 Å². The van der Waals surface area contributed by atoms with E-state index in [0.29, 0.717) is 6.42 Å². The van der Waals surface area contributed by atoms with Gasteiger partial charge in [0.05, 0.1) is 6.61 Å². The Morgan fingerprint density at radius 2 is 2.20 bits per heavy atom. The molecule has 0 spiro atoms. The van der Waals surface area contributed by atoms with Crippen LogP contribution < -0.4 is 0 Å². The molecule has 1 aromatic heterocycles. The Morgan fingerprint density at radius 3 is 2.80 bits per heavy atom. The van der Waals surface area contributed by atoms with Crippen LogP contribution in [0.2, 0.25) is 0 Å². The van der Waals surface area contributed by atoms with Crippen molar-refractivity contribution < 1.29 is 19.0 Å². The SMILES string of the molecule is O=C(O)C(F)OCCCc1ccncc1. The normalized spacial score (nSPS) is 12.3. The van der Waals surface area contributed by atoms with Crippen LogP contribution in [0.25, 0.3) is 0 Å². The quantitative estimate of drug-likeness (QED) is 0.726. The lowest BCUT2D eigenvalue weighted by Gasteiger charge is -2.05. The molecular formula is C10H12FNO3. The zero-order chi connectivity index (χ0) is 11.1. The van der Waals surface area contributed by atoms with Gasteiger partial charge in [0.1, 0.15) is 0 Å². The molecule has 0 amide bonds. The monoisotopic (exact) mass is 213 g/mol. The van der Waals surface area contributed by atoms with Crippen molar-refractivity contribution in [2.45, 2.75) is 19.2 Å². The van der Waals surface area contributed by atoms with Crippen LogP contribution in [-0.4, -0.2) is 29.0 Å². The van der Waals surface area contributed by atoms with Gasteiger partial charge < -0.3 is 9.84 Å². The third-order valence-corrected chi connectivity index (χ3v) is 1.82. The molecule has 0 fully saturated rings. The summed E-state index contributed by atoms with van der Waals surface area (Å²) in [5.41, 5.74) is 1.07. The molecule has 0 aliphatic heterocycles. The van der Waals surface area contributed by atoms with Crippen LogP contribution in [0.4, 0.5) is 4.39 Å². The molecule has 1 unspecified atom stereocenters. The van der Waals surface area contributed by atoms with Crippen LogP contribution in [0.3, 0.4) is 0 Å². The number of hydrogen-bond acceptors (Lipinski definition) is 3. The van der Waals surface area contributed by atoms with Crippen LogP contribution in [0.5, 0.6) is 0 Å². The van der Waals surface area contributed by atoms with E-state index in [2.05, 4.69) is 9.72 Å². The molecule has 0 bridgehead atoms. The van der Waals surface area contributed by atoms with E-state index >= 15 is 0 Å². The number of aryl methyl sites for hydroxylation is 1. The largest absolute Gasteiger partial charge is 0.477 e. The van der Waals surface area contributed by atoms with E-state index in [4.69, 9.17) is 5.11 Å². The number of rotatable bonds is 6. The number of aromatic nitrogens is 1. The Hall–Kier alpha value is -1.49. The number of carboxylic acid groups (broad SMARTS) is 1. The van der Waals surface area contributed by atoms with Crippen molar-refractivity contribution in [3.8, 4) is 0 Å². The molecule has 0 aliphatic carbocycles. The molecule has 0 saturated heterocycles. The molecule has 1 rings (SSSR count). The summed E-state index contributed by atoms with van der Waals surface area (Å²) in [6.07, 6.45) is 2.42. The minimum atomic E-state index is -2.22. The fourth-order valence-corrected chi connectivity index (χ4v) is 1.08. The Balaban J connectivity index is 2.15. The van der Waals surface area contributed by atoms with Gasteiger partial charge in [0.25, 0.3) is 6.36 Å². The molecule has 1 heterocycles. The van der Waals surface area contributed by atoms with Crippen LogP contribution in [0.1, 0.15) is 12.0 Å². The lowest BCUT2D eigenvalue weighted by atomic mass is 10.1. The van der Waals surface area contributed by atoms with E-state index in [9.17, 15) is 9.18 Å². The third kappa shape index (κ3) is 4.51. The topological polar surface area (TPSA) is 59.4 Å². The lowest BCUT2D eigenvalue weighted by molar-refractivity contribution is -0.163. The molecule has 1 aromatic rings. The van der Waals surface area contributed by atoms with Gasteiger partial charge in [-0.25, -0.2) is 9.18 Å². The van der Waals surface area contributed by atoms with Gasteiger partial charge in [0.15, 0.2) is 0 Å². The molecule has 82 valence electrons. The first-order valence-corrected chi connectivity index (χ1v) is 4.57. The highest BCUT2D eigenvalue weighted by molar-refractivity contribution is 5.70. The summed E-state index contributed by atoms with van der Waals surface area (Å²) in [4.78, 5) is 13.9. The molecule has 4 nitrogen and oxygen atoms in total. The van der Waals surface area contributed by atoms with Crippen molar-refractivity contribution in [2.24, 2.45) is 0 Å². The van der Waals surface area contributed by atoms with E-state index < -0.39 is 12.3 Å². The molecule has 0 aliphatic rings. The molecule has 1 N–H and O–H groups in total. The molecule has 1 atom stereocenters. The van der Waals surface area contributed by atoms with Gasteiger partial charge in [-0.3, -0.25) is 4.98 Å². The summed E-state index contributed by atoms with van der Waals surface area (Å²) < 4.78 is 16.9. The number of carboxylic acids is 1. The van der Waals surface area contributed by atoms with Gasteiger partial charge in [-0.15, -0.1) is 0 Å². The first-order valence-electron chi connectivity index (χ1n) is 4.57. The van der Waals surface area contributed by atoms with E-state index in [1.807, 2.05) is 12.1 Å². The van der Waals surface area contributed by atoms with Gasteiger partial charge in [-0.2, -0.15) is 0 Å². The molecule has 0 aromatic carbocycles. The average molecular weight is 213 g/mol. The second-order valence-electron chi connectivity index (χ2n) is 2.98. The summed E-state index contributed by atoms with van der Waals surface area (Å²) in [5.74, 6) is -1.58. The van der Waals surface area contributed by atoms with Gasteiger partial charge >= 0.3 is 5.97 Å². The van der Waals surface area contributed by atoms with Crippen molar-refractivity contribution in [3.63, 3.8) is 0 Å². The minimum Gasteiger partial charge on any atom is -0.477 e. The Morgan fingerprint density at radius 1 is 1.53 bits per heavy atom. The van der Waals surface area contributed by atoms with Gasteiger partial charge in [0.2, 0.25) is 0 Å². The first kappa shape index (κ1) is 11.6. The Labute approximate surface area is 86.7 Å². The number of ether oxygens (including phenoxy) is 1. The number of alkyl halides is 1. The molecule has 0 radical (unpaired) electrons. The smallest absolute Gasteiger partial charge is 0.366 e. The number of halogens is 1. The first-order chi connectivity index (χ1) is 7.20. The Bertz CT molecular complexity index is 305. The molecular weight excluding hydrogens is 201 g/mol. The zero-order valence-corrected chi connectivity index (χ0v) is 8.10. The van der Waals surface area contributed by atoms with Crippen LogP contribution in [-0.2, 0) is 16.0 Å². The van der Waals surface area contributed by atoms with E-state index in [-0.39, 0.29) is 6.61 Å². The maximum absolute atomic E-state index is 12.4. The fraction of sp³-hybridized carbons (Fsp3) is 0.400. The molecule has 0 saturated carbocycles. The van der Waals surface area contributed by atoms with Crippen molar-refractivity contribution in [1.29, 1.82) is 0 Å². The summed E-state index contributed by atoms with van der Waals surface area (Å²) >= 11 is 0. The van der Waals surface area contributed by atoms with Crippen molar-refractivity contribution in [2.75, 3.05) is 6.61 Å². The fourth-order valence-electron chi connectivity index (χ4n) is 1.08. The molecule has 15 heavy (non-hydrogen) atoms. The summed E-state index contributed by atoms with van der Waals surface area (Å²) in [6, 6.07) is 3.70. The van der Waals surface area contributed by atoms with Gasteiger partial charge in [-0.05, 0) is 30.5 Å². The van der Waals surface area contributed by atoms with E-state index in [1.54, 1.807) is 12.4 Å². The number of aliphatic carboxylic acids is 1. The average Bonchev–Trinajstić information content (AvgIpc) is 2.25. The number of hydrogen-bond donors (Lipinski definition) is 1. The standard InChI is InChI=1S/C10H12FNO3/c11-9(10(13)14)15-7-1-2-8-3-5-12-6-4-8/h3-6,9H,1-2,7H2,(H,13,14). The van der Waals surface area contributed by atoms with Crippen molar-refractivity contribution >= 4 is 5.97 Å². The Kier molecular flexibility index (Phi) is 4.70. The maximum Gasteiger partial charge on any atom is 0.366 e. The number of carbonyl (C=O) groups is 1. The minimum absolute atomic E-state index is 0.0930. The van der Waals surface area contributed by atoms with E-state index in [0.717, 1.165) is 12.0 Å². The van der Waals surface area contributed by atoms with Crippen LogP contribution in [0, 0.1) is 0 Å². The highest BCUT2D eigenvalue weighted by Crippen LogP contribution is 2.02. The summed E-state index contributed by atoms with van der Waals surface area (Å²) in [6.45, 7) is 0.0930. The maximum atomic E-state index is 12.4. The number of pyridine rings is 1. The van der Waals surface area contributed by atoms with Gasteiger partial charge in [-0.1, -0.05) is 0 Å². The second kappa shape index (κ2) is 6.08. The predicted octanol–water partition coefficient (Wildman–Crippen LogP) is 1.41. The third-order valence-electron chi connectivity index (χ3n) is 1.82. The number of nitrogens with zero attached hydrogens (tertiary/aromatic N) is 1. The summed E-state index contributed by atoms with van der Waals surface area (Å²) in [5, 5.41) is 8.19. The highest BCUT2D eigenvalue weighted by atomic mass is 19.1. The van der Waals surface area contributed by atoms with Gasteiger partial charge in [0, 0.05) is 12.4 Å². The predicted molar refractivity (Wildman–Crippen MR) is 51.0 cm³/mol. The molecule has 5 heteroatoms. The second-order valence-corrected chi connectivity index (χ2v) is 2.98. The highest BCUT2D eigenvalue weighted by Gasteiger charge is 2.14. The van der Waals surface area contributed by atoms with Crippen LogP contribution >= 0.6 is 0 Å². The zero-order valence-electron chi connectivity index (χ0n) is 8.10. The lowest BCUT2D eigenvalue weighted by Crippen LogP contribution is -2.19.